The molecular formula is C10H14N2O2. The van der Waals surface area contributed by atoms with Gasteiger partial charge >= 0.3 is 0 Å². The zero-order valence-corrected chi connectivity index (χ0v) is 8.27. The molecule has 0 amide bonds. The fraction of sp³-hybridized carbons (Fsp3) is 0.600. The first-order valence-electron chi connectivity index (χ1n) is 4.97. The highest BCUT2D eigenvalue weighted by atomic mass is 16.5. The van der Waals surface area contributed by atoms with Crippen molar-refractivity contribution in [2.45, 2.75) is 19.3 Å². The fourth-order valence-electron chi connectivity index (χ4n) is 1.99. The van der Waals surface area contributed by atoms with E-state index in [0.717, 1.165) is 38.1 Å². The molecular weight excluding hydrogens is 180 g/mol. The molecule has 1 fully saturated rings. The van der Waals surface area contributed by atoms with Gasteiger partial charge in [0.1, 0.15) is 0 Å². The largest absolute Gasteiger partial charge is 0.360 e. The topological polar surface area (TPSA) is 46.3 Å². The molecule has 1 unspecified atom stereocenters. The first-order valence-corrected chi connectivity index (χ1v) is 4.97. The van der Waals surface area contributed by atoms with Gasteiger partial charge < -0.3 is 9.42 Å². The Morgan fingerprint density at radius 2 is 2.64 bits per heavy atom. The number of likely N-dealkylation sites (tertiary alicyclic amines) is 1. The van der Waals surface area contributed by atoms with Crippen molar-refractivity contribution in [1.29, 1.82) is 0 Å². The number of hydrogen-bond acceptors (Lipinski definition) is 4. The minimum Gasteiger partial charge on any atom is -0.360 e. The van der Waals surface area contributed by atoms with E-state index in [0.29, 0.717) is 11.5 Å². The zero-order chi connectivity index (χ0) is 9.97. The summed E-state index contributed by atoms with van der Waals surface area (Å²) in [6, 6.07) is 0. The van der Waals surface area contributed by atoms with E-state index in [4.69, 9.17) is 4.52 Å². The van der Waals surface area contributed by atoms with E-state index in [1.165, 1.54) is 6.20 Å². The van der Waals surface area contributed by atoms with Crippen molar-refractivity contribution in [3.05, 3.63) is 17.5 Å². The summed E-state index contributed by atoms with van der Waals surface area (Å²) >= 11 is 0. The number of carbonyl (C=O) groups is 1. The van der Waals surface area contributed by atoms with Crippen molar-refractivity contribution < 1.29 is 9.32 Å². The molecule has 1 aliphatic heterocycles. The molecule has 1 saturated heterocycles. The Hall–Kier alpha value is -1.16. The van der Waals surface area contributed by atoms with Gasteiger partial charge in [-0.25, -0.2) is 0 Å². The quantitative estimate of drug-likeness (QED) is 0.680. The van der Waals surface area contributed by atoms with Crippen LogP contribution in [0.4, 0.5) is 0 Å². The number of aromatic nitrogens is 1. The number of nitrogens with zero attached hydrogens (tertiary/aromatic N) is 2. The minimum absolute atomic E-state index is 0.345. The average Bonchev–Trinajstić information content (AvgIpc) is 2.85. The number of rotatable bonds is 3. The highest BCUT2D eigenvalue weighted by Gasteiger charge is 2.27. The van der Waals surface area contributed by atoms with Gasteiger partial charge in [0, 0.05) is 12.5 Å². The molecule has 1 aromatic rings. The van der Waals surface area contributed by atoms with Crippen molar-refractivity contribution >= 4 is 6.29 Å². The van der Waals surface area contributed by atoms with Crippen molar-refractivity contribution in [3.8, 4) is 0 Å². The number of likely N-dealkylation sites (N-methyl/N-ethyl adjacent to an activating group) is 1. The highest BCUT2D eigenvalue weighted by Crippen LogP contribution is 2.28. The second-order valence-corrected chi connectivity index (χ2v) is 3.64. The van der Waals surface area contributed by atoms with Crippen LogP contribution in [0.25, 0.3) is 0 Å². The second kappa shape index (κ2) is 3.92. The molecule has 1 aromatic heterocycles. The third-order valence-electron chi connectivity index (χ3n) is 2.84. The Morgan fingerprint density at radius 1 is 1.79 bits per heavy atom. The lowest BCUT2D eigenvalue weighted by Gasteiger charge is -2.11. The highest BCUT2D eigenvalue weighted by molar-refractivity contribution is 5.75. The van der Waals surface area contributed by atoms with Gasteiger partial charge in [-0.05, 0) is 19.5 Å². The first-order chi connectivity index (χ1) is 6.85. The SMILES string of the molecule is CCN1CCC(c2oncc2C=O)C1. The Morgan fingerprint density at radius 3 is 3.29 bits per heavy atom. The summed E-state index contributed by atoms with van der Waals surface area (Å²) in [7, 11) is 0. The monoisotopic (exact) mass is 194 g/mol. The predicted molar refractivity (Wildman–Crippen MR) is 51.4 cm³/mol. The molecule has 76 valence electrons. The minimum atomic E-state index is 0.345. The smallest absolute Gasteiger partial charge is 0.155 e. The molecule has 1 aliphatic rings. The Kier molecular flexibility index (Phi) is 2.63. The molecule has 1 atom stereocenters. The van der Waals surface area contributed by atoms with E-state index < -0.39 is 0 Å². The summed E-state index contributed by atoms with van der Waals surface area (Å²) in [6.45, 7) is 5.26. The third-order valence-corrected chi connectivity index (χ3v) is 2.84. The maximum Gasteiger partial charge on any atom is 0.155 e. The van der Waals surface area contributed by atoms with Crippen molar-refractivity contribution in [1.82, 2.24) is 10.1 Å². The van der Waals surface area contributed by atoms with Gasteiger partial charge in [-0.15, -0.1) is 0 Å². The summed E-state index contributed by atoms with van der Waals surface area (Å²) in [5, 5.41) is 3.66. The normalized spacial score (nSPS) is 22.8. The Labute approximate surface area is 82.9 Å². The maximum absolute atomic E-state index is 10.7. The van der Waals surface area contributed by atoms with Crippen LogP contribution >= 0.6 is 0 Å². The lowest BCUT2D eigenvalue weighted by Crippen LogP contribution is -2.19. The van der Waals surface area contributed by atoms with E-state index in [2.05, 4.69) is 17.0 Å². The molecule has 0 aromatic carbocycles. The molecule has 0 aliphatic carbocycles. The molecule has 4 nitrogen and oxygen atoms in total. The van der Waals surface area contributed by atoms with E-state index in [1.807, 2.05) is 0 Å². The summed E-state index contributed by atoms with van der Waals surface area (Å²) in [6.07, 6.45) is 3.38. The predicted octanol–water partition coefficient (Wildman–Crippen LogP) is 1.30. The van der Waals surface area contributed by atoms with Crippen LogP contribution in [-0.4, -0.2) is 36.0 Å². The van der Waals surface area contributed by atoms with E-state index in [1.54, 1.807) is 0 Å². The average molecular weight is 194 g/mol. The molecule has 0 N–H and O–H groups in total. The maximum atomic E-state index is 10.7. The van der Waals surface area contributed by atoms with E-state index in [-0.39, 0.29) is 0 Å². The summed E-state index contributed by atoms with van der Waals surface area (Å²) in [4.78, 5) is 13.0. The zero-order valence-electron chi connectivity index (χ0n) is 8.27. The third kappa shape index (κ3) is 1.57. The van der Waals surface area contributed by atoms with Crippen molar-refractivity contribution in [2.24, 2.45) is 0 Å². The van der Waals surface area contributed by atoms with Crippen molar-refractivity contribution in [2.75, 3.05) is 19.6 Å². The molecule has 0 radical (unpaired) electrons. The number of aldehydes is 1. The number of hydrogen-bond donors (Lipinski definition) is 0. The van der Waals surface area contributed by atoms with Gasteiger partial charge in [0.2, 0.25) is 0 Å². The van der Waals surface area contributed by atoms with E-state index >= 15 is 0 Å². The lowest BCUT2D eigenvalue weighted by atomic mass is 10.0. The molecule has 14 heavy (non-hydrogen) atoms. The van der Waals surface area contributed by atoms with E-state index in [9.17, 15) is 4.79 Å². The van der Waals surface area contributed by atoms with Crippen LogP contribution in [0.3, 0.4) is 0 Å². The van der Waals surface area contributed by atoms with Crippen LogP contribution in [-0.2, 0) is 0 Å². The van der Waals surface area contributed by atoms with Gasteiger partial charge in [-0.3, -0.25) is 4.79 Å². The lowest BCUT2D eigenvalue weighted by molar-refractivity contribution is 0.112. The Bertz CT molecular complexity index is 322. The number of carbonyl (C=O) groups excluding carboxylic acids is 1. The summed E-state index contributed by atoms with van der Waals surface area (Å²) < 4.78 is 5.12. The first kappa shape index (κ1) is 9.40. The van der Waals surface area contributed by atoms with Gasteiger partial charge in [0.15, 0.2) is 12.0 Å². The van der Waals surface area contributed by atoms with Gasteiger partial charge in [-0.1, -0.05) is 12.1 Å². The standard InChI is InChI=1S/C10H14N2O2/c1-2-12-4-3-8(6-12)10-9(7-13)5-11-14-10/h5,7-8H,2-4,6H2,1H3. The fourth-order valence-corrected chi connectivity index (χ4v) is 1.99. The van der Waals surface area contributed by atoms with Crippen LogP contribution in [0.2, 0.25) is 0 Å². The van der Waals surface area contributed by atoms with Gasteiger partial charge in [-0.2, -0.15) is 0 Å². The molecule has 2 heterocycles. The molecule has 0 saturated carbocycles. The van der Waals surface area contributed by atoms with Crippen LogP contribution in [0.1, 0.15) is 35.4 Å². The Balaban J connectivity index is 2.12. The molecule has 0 spiro atoms. The van der Waals surface area contributed by atoms with Crippen LogP contribution in [0.15, 0.2) is 10.7 Å². The van der Waals surface area contributed by atoms with Crippen LogP contribution < -0.4 is 0 Å². The van der Waals surface area contributed by atoms with Crippen molar-refractivity contribution in [3.63, 3.8) is 0 Å². The molecule has 2 rings (SSSR count). The van der Waals surface area contributed by atoms with Gasteiger partial charge in [0.05, 0.1) is 11.8 Å². The van der Waals surface area contributed by atoms with Gasteiger partial charge in [0.25, 0.3) is 0 Å². The second-order valence-electron chi connectivity index (χ2n) is 3.64. The molecule has 0 bridgehead atoms. The summed E-state index contributed by atoms with van der Waals surface area (Å²) in [5.41, 5.74) is 0.605. The van der Waals surface area contributed by atoms with Crippen LogP contribution in [0, 0.1) is 0 Å². The molecule has 4 heteroatoms. The summed E-state index contributed by atoms with van der Waals surface area (Å²) in [5.74, 6) is 1.11. The van der Waals surface area contributed by atoms with Crippen LogP contribution in [0.5, 0.6) is 0 Å².